The first-order valence-corrected chi connectivity index (χ1v) is 4.20. The molecule has 0 N–H and O–H groups in total. The van der Waals surface area contributed by atoms with Gasteiger partial charge in [0.1, 0.15) is 10.1 Å². The van der Waals surface area contributed by atoms with Crippen molar-refractivity contribution in [3.63, 3.8) is 0 Å². The number of rotatable bonds is 4. The molecule has 0 atom stereocenters. The molecule has 0 bridgehead atoms. The molecule has 60 valence electrons. The van der Waals surface area contributed by atoms with Crippen molar-refractivity contribution in [2.75, 3.05) is 5.88 Å². The molecule has 0 saturated heterocycles. The molecule has 0 unspecified atom stereocenters. The summed E-state index contributed by atoms with van der Waals surface area (Å²) < 4.78 is -0.941. The molecule has 0 amide bonds. The summed E-state index contributed by atoms with van der Waals surface area (Å²) in [6.07, 6.45) is 0.513. The lowest BCUT2D eigenvalue weighted by molar-refractivity contribution is -0.118. The standard InChI is InChI=1S/C6H9Cl3O/c1-6(8,9)4-5(10)2-3-7/h2-4H2,1H3. The molecular formula is C6H9Cl3O. The first-order chi connectivity index (χ1) is 4.45. The van der Waals surface area contributed by atoms with Crippen LogP contribution >= 0.6 is 34.8 Å². The number of carbonyl (C=O) groups is 1. The second kappa shape index (κ2) is 4.42. The number of alkyl halides is 3. The maximum atomic E-state index is 10.8. The highest BCUT2D eigenvalue weighted by molar-refractivity contribution is 6.48. The van der Waals surface area contributed by atoms with Crippen LogP contribution < -0.4 is 0 Å². The number of Topliss-reactive ketones (excluding diaryl/α,β-unsaturated/α-hetero) is 1. The van der Waals surface area contributed by atoms with Gasteiger partial charge < -0.3 is 0 Å². The van der Waals surface area contributed by atoms with Gasteiger partial charge in [-0.05, 0) is 6.92 Å². The van der Waals surface area contributed by atoms with Crippen molar-refractivity contribution in [3.05, 3.63) is 0 Å². The minimum Gasteiger partial charge on any atom is -0.300 e. The van der Waals surface area contributed by atoms with Crippen LogP contribution in [0.3, 0.4) is 0 Å². The monoisotopic (exact) mass is 202 g/mol. The Balaban J connectivity index is 3.58. The van der Waals surface area contributed by atoms with Crippen LogP contribution in [0.4, 0.5) is 0 Å². The Hall–Kier alpha value is 0.540. The summed E-state index contributed by atoms with van der Waals surface area (Å²) in [5, 5.41) is 0. The highest BCUT2D eigenvalue weighted by atomic mass is 35.5. The number of ketones is 1. The zero-order valence-electron chi connectivity index (χ0n) is 5.66. The molecule has 0 aliphatic carbocycles. The van der Waals surface area contributed by atoms with Gasteiger partial charge in [-0.25, -0.2) is 0 Å². The molecule has 0 rings (SSSR count). The van der Waals surface area contributed by atoms with Crippen LogP contribution in [0.5, 0.6) is 0 Å². The highest BCUT2D eigenvalue weighted by Crippen LogP contribution is 2.24. The van der Waals surface area contributed by atoms with Gasteiger partial charge in [0.2, 0.25) is 0 Å². The summed E-state index contributed by atoms with van der Waals surface area (Å²) in [6.45, 7) is 1.59. The van der Waals surface area contributed by atoms with Gasteiger partial charge in [0.05, 0.1) is 0 Å². The van der Waals surface area contributed by atoms with E-state index in [-0.39, 0.29) is 12.2 Å². The fourth-order valence-corrected chi connectivity index (χ4v) is 1.05. The first kappa shape index (κ1) is 10.5. The van der Waals surface area contributed by atoms with E-state index in [4.69, 9.17) is 34.8 Å². The SMILES string of the molecule is CC(Cl)(Cl)CC(=O)CCCl. The number of hydrogen-bond donors (Lipinski definition) is 0. The van der Waals surface area contributed by atoms with Gasteiger partial charge in [0.25, 0.3) is 0 Å². The van der Waals surface area contributed by atoms with Gasteiger partial charge in [0.15, 0.2) is 0 Å². The Morgan fingerprint density at radius 3 is 2.30 bits per heavy atom. The van der Waals surface area contributed by atoms with E-state index in [0.29, 0.717) is 12.3 Å². The highest BCUT2D eigenvalue weighted by Gasteiger charge is 2.20. The molecule has 0 aliphatic rings. The van der Waals surface area contributed by atoms with Crippen LogP contribution in [-0.2, 0) is 4.79 Å². The molecular weight excluding hydrogens is 194 g/mol. The molecule has 4 heteroatoms. The Bertz CT molecular complexity index is 117. The van der Waals surface area contributed by atoms with Crippen LogP contribution in [0.25, 0.3) is 0 Å². The quantitative estimate of drug-likeness (QED) is 0.642. The molecule has 0 fully saturated rings. The number of hydrogen-bond acceptors (Lipinski definition) is 1. The summed E-state index contributed by atoms with van der Waals surface area (Å²) >= 11 is 16.4. The summed E-state index contributed by atoms with van der Waals surface area (Å²) in [4.78, 5) is 10.8. The molecule has 0 aromatic carbocycles. The van der Waals surface area contributed by atoms with Crippen molar-refractivity contribution < 1.29 is 4.79 Å². The number of halogens is 3. The third kappa shape index (κ3) is 6.66. The fourth-order valence-electron chi connectivity index (χ4n) is 0.540. The normalized spacial score (nSPS) is 11.6. The maximum Gasteiger partial charge on any atom is 0.137 e. The van der Waals surface area contributed by atoms with Crippen LogP contribution in [0.15, 0.2) is 0 Å². The molecule has 0 aromatic rings. The predicted octanol–water partition coefficient (Wildman–Crippen LogP) is 2.77. The van der Waals surface area contributed by atoms with E-state index in [9.17, 15) is 4.79 Å². The lowest BCUT2D eigenvalue weighted by atomic mass is 10.2. The summed E-state index contributed by atoms with van der Waals surface area (Å²) in [5.41, 5.74) is 0. The molecule has 0 saturated carbocycles. The van der Waals surface area contributed by atoms with Crippen molar-refractivity contribution in [2.45, 2.75) is 24.1 Å². The summed E-state index contributed by atoms with van der Waals surface area (Å²) in [6, 6.07) is 0. The average molecular weight is 203 g/mol. The van der Waals surface area contributed by atoms with Gasteiger partial charge in [-0.3, -0.25) is 4.79 Å². The fraction of sp³-hybridized carbons (Fsp3) is 0.833. The maximum absolute atomic E-state index is 10.8. The smallest absolute Gasteiger partial charge is 0.137 e. The van der Waals surface area contributed by atoms with Crippen molar-refractivity contribution >= 4 is 40.6 Å². The van der Waals surface area contributed by atoms with E-state index >= 15 is 0 Å². The van der Waals surface area contributed by atoms with Crippen molar-refractivity contribution in [1.29, 1.82) is 0 Å². The van der Waals surface area contributed by atoms with Crippen molar-refractivity contribution in [3.8, 4) is 0 Å². The zero-order chi connectivity index (χ0) is 8.20. The van der Waals surface area contributed by atoms with Crippen molar-refractivity contribution in [2.24, 2.45) is 0 Å². The molecule has 0 aliphatic heterocycles. The second-order valence-electron chi connectivity index (χ2n) is 2.22. The predicted molar refractivity (Wildman–Crippen MR) is 45.1 cm³/mol. The second-order valence-corrected chi connectivity index (χ2v) is 4.46. The molecule has 0 radical (unpaired) electrons. The van der Waals surface area contributed by atoms with Gasteiger partial charge in [0, 0.05) is 18.7 Å². The molecule has 0 aromatic heterocycles. The lowest BCUT2D eigenvalue weighted by Gasteiger charge is -2.10. The van der Waals surface area contributed by atoms with Crippen molar-refractivity contribution in [1.82, 2.24) is 0 Å². The Labute approximate surface area is 75.6 Å². The number of carbonyl (C=O) groups excluding carboxylic acids is 1. The van der Waals surface area contributed by atoms with E-state index in [1.807, 2.05) is 0 Å². The Morgan fingerprint density at radius 1 is 1.50 bits per heavy atom. The van der Waals surface area contributed by atoms with Gasteiger partial charge in [-0.2, -0.15) is 0 Å². The first-order valence-electron chi connectivity index (χ1n) is 2.91. The third-order valence-electron chi connectivity index (χ3n) is 0.881. The van der Waals surface area contributed by atoms with Gasteiger partial charge in [-0.1, -0.05) is 0 Å². The van der Waals surface area contributed by atoms with E-state index in [1.54, 1.807) is 6.92 Å². The average Bonchev–Trinajstić information content (AvgIpc) is 1.59. The molecule has 0 heterocycles. The van der Waals surface area contributed by atoms with Gasteiger partial charge >= 0.3 is 0 Å². The largest absolute Gasteiger partial charge is 0.300 e. The topological polar surface area (TPSA) is 17.1 Å². The van der Waals surface area contributed by atoms with E-state index in [1.165, 1.54) is 0 Å². The van der Waals surface area contributed by atoms with E-state index < -0.39 is 4.33 Å². The van der Waals surface area contributed by atoms with E-state index in [2.05, 4.69) is 0 Å². The van der Waals surface area contributed by atoms with Crippen LogP contribution in [0, 0.1) is 0 Å². The summed E-state index contributed by atoms with van der Waals surface area (Å²) in [5.74, 6) is 0.338. The zero-order valence-corrected chi connectivity index (χ0v) is 7.93. The van der Waals surface area contributed by atoms with Crippen LogP contribution in [0.1, 0.15) is 19.8 Å². The molecule has 1 nitrogen and oxygen atoms in total. The Morgan fingerprint density at radius 2 is 2.00 bits per heavy atom. The van der Waals surface area contributed by atoms with E-state index in [0.717, 1.165) is 0 Å². The Kier molecular flexibility index (Phi) is 4.66. The minimum absolute atomic E-state index is 0.00231. The van der Waals surface area contributed by atoms with Gasteiger partial charge in [-0.15, -0.1) is 34.8 Å². The molecule has 0 spiro atoms. The van der Waals surface area contributed by atoms with Crippen LogP contribution in [0.2, 0.25) is 0 Å². The third-order valence-corrected chi connectivity index (χ3v) is 1.34. The van der Waals surface area contributed by atoms with Crippen LogP contribution in [-0.4, -0.2) is 16.0 Å². The molecule has 10 heavy (non-hydrogen) atoms. The minimum atomic E-state index is -0.941. The summed E-state index contributed by atoms with van der Waals surface area (Å²) in [7, 11) is 0. The lowest BCUT2D eigenvalue weighted by Crippen LogP contribution is -2.13.